The highest BCUT2D eigenvalue weighted by Crippen LogP contribution is 2.34. The molecule has 1 fully saturated rings. The summed E-state index contributed by atoms with van der Waals surface area (Å²) in [6.07, 6.45) is 1.75. The molecule has 0 spiro atoms. The van der Waals surface area contributed by atoms with Gasteiger partial charge in [0.05, 0.1) is 18.2 Å². The molecule has 0 unspecified atom stereocenters. The lowest BCUT2D eigenvalue weighted by molar-refractivity contribution is 0.0710. The molecule has 0 aliphatic carbocycles. The zero-order valence-corrected chi connectivity index (χ0v) is 14.5. The SMILES string of the molecule is COc1ccccc1-c1noc([C@H]2CCCN2C(=O)c2ccsc2)n1. The van der Waals surface area contributed by atoms with Gasteiger partial charge in [0.1, 0.15) is 11.8 Å². The minimum Gasteiger partial charge on any atom is -0.496 e. The number of hydrogen-bond acceptors (Lipinski definition) is 6. The fourth-order valence-electron chi connectivity index (χ4n) is 3.13. The molecule has 25 heavy (non-hydrogen) atoms. The average Bonchev–Trinajstić information content (AvgIpc) is 3.41. The van der Waals surface area contributed by atoms with Crippen molar-refractivity contribution in [2.24, 2.45) is 0 Å². The summed E-state index contributed by atoms with van der Waals surface area (Å²) < 4.78 is 10.9. The van der Waals surface area contributed by atoms with Gasteiger partial charge >= 0.3 is 0 Å². The molecule has 3 heterocycles. The summed E-state index contributed by atoms with van der Waals surface area (Å²) >= 11 is 1.52. The van der Waals surface area contributed by atoms with E-state index in [0.29, 0.717) is 29.6 Å². The fourth-order valence-corrected chi connectivity index (χ4v) is 3.76. The van der Waals surface area contributed by atoms with Crippen LogP contribution in [0.25, 0.3) is 11.4 Å². The van der Waals surface area contributed by atoms with Crippen molar-refractivity contribution < 1.29 is 14.1 Å². The second kappa shape index (κ2) is 6.68. The number of ether oxygens (including phenoxy) is 1. The second-order valence-electron chi connectivity index (χ2n) is 5.83. The van der Waals surface area contributed by atoms with E-state index in [0.717, 1.165) is 18.4 Å². The summed E-state index contributed by atoms with van der Waals surface area (Å²) in [5, 5.41) is 7.87. The summed E-state index contributed by atoms with van der Waals surface area (Å²) in [5.41, 5.74) is 1.48. The predicted octanol–water partition coefficient (Wildman–Crippen LogP) is 3.78. The first-order valence-corrected chi connectivity index (χ1v) is 9.02. The molecule has 1 amide bonds. The van der Waals surface area contributed by atoms with Gasteiger partial charge in [-0.3, -0.25) is 4.79 Å². The summed E-state index contributed by atoms with van der Waals surface area (Å²) in [6.45, 7) is 0.700. The third-order valence-corrected chi connectivity index (χ3v) is 5.04. The maximum atomic E-state index is 12.7. The molecule has 1 aromatic carbocycles. The second-order valence-corrected chi connectivity index (χ2v) is 6.61. The van der Waals surface area contributed by atoms with Gasteiger partial charge in [0, 0.05) is 11.9 Å². The van der Waals surface area contributed by atoms with Crippen molar-refractivity contribution >= 4 is 17.2 Å². The molecule has 0 saturated carbocycles. The molecule has 6 nitrogen and oxygen atoms in total. The third-order valence-electron chi connectivity index (χ3n) is 4.36. The van der Waals surface area contributed by atoms with Crippen LogP contribution >= 0.6 is 11.3 Å². The normalized spacial score (nSPS) is 17.0. The molecule has 128 valence electrons. The molecule has 1 atom stereocenters. The number of nitrogens with zero attached hydrogens (tertiary/aromatic N) is 3. The van der Waals surface area contributed by atoms with E-state index < -0.39 is 0 Å². The van der Waals surface area contributed by atoms with E-state index in [4.69, 9.17) is 9.26 Å². The number of amides is 1. The number of methoxy groups -OCH3 is 1. The van der Waals surface area contributed by atoms with Crippen molar-refractivity contribution in [3.8, 4) is 17.1 Å². The lowest BCUT2D eigenvalue weighted by Crippen LogP contribution is -2.30. The van der Waals surface area contributed by atoms with Crippen LogP contribution < -0.4 is 4.74 Å². The molecular formula is C18H17N3O3S. The topological polar surface area (TPSA) is 68.5 Å². The van der Waals surface area contributed by atoms with Crippen LogP contribution in [0.4, 0.5) is 0 Å². The Kier molecular flexibility index (Phi) is 4.23. The maximum absolute atomic E-state index is 12.7. The van der Waals surface area contributed by atoms with Crippen molar-refractivity contribution in [3.05, 3.63) is 52.5 Å². The first-order chi connectivity index (χ1) is 12.3. The molecule has 1 saturated heterocycles. The first-order valence-electron chi connectivity index (χ1n) is 8.08. The molecule has 4 rings (SSSR count). The lowest BCUT2D eigenvalue weighted by Gasteiger charge is -2.21. The number of benzene rings is 1. The van der Waals surface area contributed by atoms with E-state index >= 15 is 0 Å². The number of thiophene rings is 1. The highest BCUT2D eigenvalue weighted by molar-refractivity contribution is 7.08. The number of aromatic nitrogens is 2. The van der Waals surface area contributed by atoms with Crippen molar-refractivity contribution in [1.82, 2.24) is 15.0 Å². The van der Waals surface area contributed by atoms with Gasteiger partial charge in [-0.1, -0.05) is 17.3 Å². The van der Waals surface area contributed by atoms with Gasteiger partial charge in [0.25, 0.3) is 5.91 Å². The quantitative estimate of drug-likeness (QED) is 0.712. The van der Waals surface area contributed by atoms with E-state index in [2.05, 4.69) is 10.1 Å². The Morgan fingerprint density at radius 1 is 1.36 bits per heavy atom. The number of carbonyl (C=O) groups excluding carboxylic acids is 1. The Bertz CT molecular complexity index is 875. The molecule has 1 aliphatic rings. The monoisotopic (exact) mass is 355 g/mol. The van der Waals surface area contributed by atoms with Gasteiger partial charge in [0.2, 0.25) is 11.7 Å². The van der Waals surface area contributed by atoms with E-state index in [9.17, 15) is 4.79 Å². The van der Waals surface area contributed by atoms with E-state index in [1.807, 2.05) is 46.0 Å². The lowest BCUT2D eigenvalue weighted by atomic mass is 10.2. The predicted molar refractivity (Wildman–Crippen MR) is 93.6 cm³/mol. The minimum atomic E-state index is -0.177. The van der Waals surface area contributed by atoms with Crippen LogP contribution in [0.3, 0.4) is 0 Å². The minimum absolute atomic E-state index is 0.0146. The first kappa shape index (κ1) is 15.8. The Labute approximate surface area is 149 Å². The number of likely N-dealkylation sites (tertiary alicyclic amines) is 1. The van der Waals surface area contributed by atoms with Gasteiger partial charge in [-0.15, -0.1) is 0 Å². The van der Waals surface area contributed by atoms with Crippen molar-refractivity contribution in [2.75, 3.05) is 13.7 Å². The smallest absolute Gasteiger partial charge is 0.255 e. The molecule has 0 radical (unpaired) electrons. The van der Waals surface area contributed by atoms with Crippen molar-refractivity contribution in [1.29, 1.82) is 0 Å². The van der Waals surface area contributed by atoms with E-state index in [1.54, 1.807) is 7.11 Å². The summed E-state index contributed by atoms with van der Waals surface area (Å²) in [4.78, 5) is 19.0. The zero-order chi connectivity index (χ0) is 17.2. The van der Waals surface area contributed by atoms with E-state index in [-0.39, 0.29) is 11.9 Å². The zero-order valence-electron chi connectivity index (χ0n) is 13.7. The Balaban J connectivity index is 1.62. The van der Waals surface area contributed by atoms with Crippen LogP contribution in [0.5, 0.6) is 5.75 Å². The standard InChI is InChI=1S/C18H17N3O3S/c1-23-15-7-3-2-5-13(15)16-19-17(24-20-16)14-6-4-9-21(14)18(22)12-8-10-25-11-12/h2-3,5,7-8,10-11,14H,4,6,9H2,1H3/t14-/m1/s1. The molecule has 3 aromatic rings. The summed E-state index contributed by atoms with van der Waals surface area (Å²) in [7, 11) is 1.61. The van der Waals surface area contributed by atoms with Crippen LogP contribution in [-0.4, -0.2) is 34.6 Å². The van der Waals surface area contributed by atoms with Crippen LogP contribution in [0.1, 0.15) is 35.1 Å². The van der Waals surface area contributed by atoms with Crippen LogP contribution in [-0.2, 0) is 0 Å². The van der Waals surface area contributed by atoms with Gasteiger partial charge in [-0.05, 0) is 36.4 Å². The number of para-hydroxylation sites is 1. The molecular weight excluding hydrogens is 338 g/mol. The summed E-state index contributed by atoms with van der Waals surface area (Å²) in [5.74, 6) is 1.65. The maximum Gasteiger partial charge on any atom is 0.255 e. The molecule has 0 N–H and O–H groups in total. The molecule has 7 heteroatoms. The fraction of sp³-hybridized carbons (Fsp3) is 0.278. The van der Waals surface area contributed by atoms with E-state index in [1.165, 1.54) is 11.3 Å². The van der Waals surface area contributed by atoms with Crippen LogP contribution in [0.2, 0.25) is 0 Å². The van der Waals surface area contributed by atoms with Crippen molar-refractivity contribution in [2.45, 2.75) is 18.9 Å². The average molecular weight is 355 g/mol. The third kappa shape index (κ3) is 2.91. The Morgan fingerprint density at radius 3 is 3.04 bits per heavy atom. The van der Waals surface area contributed by atoms with Crippen LogP contribution in [0, 0.1) is 0 Å². The summed E-state index contributed by atoms with van der Waals surface area (Å²) in [6, 6.07) is 9.20. The van der Waals surface area contributed by atoms with Gasteiger partial charge < -0.3 is 14.2 Å². The highest BCUT2D eigenvalue weighted by Gasteiger charge is 2.34. The van der Waals surface area contributed by atoms with Crippen molar-refractivity contribution in [3.63, 3.8) is 0 Å². The molecule has 1 aliphatic heterocycles. The van der Waals surface area contributed by atoms with Gasteiger partial charge in [0.15, 0.2) is 0 Å². The van der Waals surface area contributed by atoms with Crippen LogP contribution in [0.15, 0.2) is 45.6 Å². The number of hydrogen-bond donors (Lipinski definition) is 0. The van der Waals surface area contributed by atoms with Gasteiger partial charge in [-0.2, -0.15) is 16.3 Å². The van der Waals surface area contributed by atoms with Gasteiger partial charge in [-0.25, -0.2) is 0 Å². The number of carbonyl (C=O) groups is 1. The Hall–Kier alpha value is -2.67. The molecule has 0 bridgehead atoms. The number of rotatable bonds is 4. The molecule has 2 aromatic heterocycles. The highest BCUT2D eigenvalue weighted by atomic mass is 32.1. The largest absolute Gasteiger partial charge is 0.496 e. The Morgan fingerprint density at radius 2 is 2.24 bits per heavy atom.